The number of carboxylic acid groups (broad SMARTS) is 1. The first-order valence-corrected chi connectivity index (χ1v) is 10.2. The summed E-state index contributed by atoms with van der Waals surface area (Å²) in [4.78, 5) is 48.7. The van der Waals surface area contributed by atoms with Gasteiger partial charge in [-0.3, -0.25) is 14.4 Å². The summed E-state index contributed by atoms with van der Waals surface area (Å²) >= 11 is 0. The van der Waals surface area contributed by atoms with Gasteiger partial charge in [0.25, 0.3) is 0 Å². The Kier molecular flexibility index (Phi) is 12.8. The SMILES string of the molecule is CC(C)CC(NC(=O)C(C)N)C(=O)NC(CCCCN)C(=O)NC(C(=O)O)C(C)O. The zero-order valence-electron chi connectivity index (χ0n) is 18.2. The highest BCUT2D eigenvalue weighted by atomic mass is 16.4. The van der Waals surface area contributed by atoms with Gasteiger partial charge in [0.15, 0.2) is 6.04 Å². The van der Waals surface area contributed by atoms with Gasteiger partial charge in [-0.2, -0.15) is 0 Å². The summed E-state index contributed by atoms with van der Waals surface area (Å²) in [6.07, 6.45) is 0.340. The molecule has 11 nitrogen and oxygen atoms in total. The maximum absolute atomic E-state index is 12.8. The normalized spacial score (nSPS) is 16.1. The third-order valence-corrected chi connectivity index (χ3v) is 4.38. The van der Waals surface area contributed by atoms with E-state index in [0.29, 0.717) is 25.8 Å². The summed E-state index contributed by atoms with van der Waals surface area (Å²) in [7, 11) is 0. The van der Waals surface area contributed by atoms with Gasteiger partial charge in [0.2, 0.25) is 17.7 Å². The predicted molar refractivity (Wildman–Crippen MR) is 111 cm³/mol. The summed E-state index contributed by atoms with van der Waals surface area (Å²) in [5, 5.41) is 26.2. The monoisotopic (exact) mass is 431 g/mol. The Balaban J connectivity index is 5.41. The van der Waals surface area contributed by atoms with E-state index in [0.717, 1.165) is 0 Å². The Bertz CT molecular complexity index is 582. The largest absolute Gasteiger partial charge is 0.480 e. The van der Waals surface area contributed by atoms with Crippen molar-refractivity contribution in [2.75, 3.05) is 6.54 Å². The fourth-order valence-electron chi connectivity index (χ4n) is 2.68. The fraction of sp³-hybridized carbons (Fsp3) is 0.789. The van der Waals surface area contributed by atoms with Crippen LogP contribution in [-0.4, -0.2) is 70.7 Å². The van der Waals surface area contributed by atoms with Gasteiger partial charge in [-0.1, -0.05) is 13.8 Å². The molecule has 3 amide bonds. The Morgan fingerprint density at radius 1 is 0.867 bits per heavy atom. The molecule has 174 valence electrons. The number of aliphatic hydroxyl groups is 1. The lowest BCUT2D eigenvalue weighted by atomic mass is 10.0. The van der Waals surface area contributed by atoms with Gasteiger partial charge in [0.1, 0.15) is 12.1 Å². The molecule has 0 bridgehead atoms. The quantitative estimate of drug-likeness (QED) is 0.160. The standard InChI is InChI=1S/C19H37N5O6/c1-10(2)9-14(23-16(26)11(3)21)18(28)22-13(7-5-6-8-20)17(27)24-15(12(4)25)19(29)30/h10-15,25H,5-9,20-21H2,1-4H3,(H,22,28)(H,23,26)(H,24,27)(H,29,30). The van der Waals surface area contributed by atoms with E-state index >= 15 is 0 Å². The first-order chi connectivity index (χ1) is 13.9. The molecule has 0 aromatic carbocycles. The molecule has 11 heteroatoms. The van der Waals surface area contributed by atoms with Crippen molar-refractivity contribution in [2.45, 2.75) is 83.6 Å². The molecule has 0 aromatic rings. The lowest BCUT2D eigenvalue weighted by molar-refractivity contribution is -0.145. The third kappa shape index (κ3) is 10.5. The van der Waals surface area contributed by atoms with Crippen LogP contribution in [0.1, 0.15) is 53.4 Å². The molecule has 5 unspecified atom stereocenters. The lowest BCUT2D eigenvalue weighted by Crippen LogP contribution is -2.58. The van der Waals surface area contributed by atoms with Crippen LogP contribution in [0.15, 0.2) is 0 Å². The number of nitrogens with one attached hydrogen (secondary N) is 3. The molecule has 0 aromatic heterocycles. The van der Waals surface area contributed by atoms with Crippen molar-refractivity contribution < 1.29 is 29.4 Å². The van der Waals surface area contributed by atoms with Crippen LogP contribution < -0.4 is 27.4 Å². The number of nitrogens with two attached hydrogens (primary N) is 2. The lowest BCUT2D eigenvalue weighted by Gasteiger charge is -2.26. The third-order valence-electron chi connectivity index (χ3n) is 4.38. The minimum atomic E-state index is -1.52. The van der Waals surface area contributed by atoms with Gasteiger partial charge in [-0.25, -0.2) is 4.79 Å². The Morgan fingerprint density at radius 3 is 1.83 bits per heavy atom. The van der Waals surface area contributed by atoms with Crippen molar-refractivity contribution in [3.8, 4) is 0 Å². The highest BCUT2D eigenvalue weighted by Gasteiger charge is 2.31. The fourth-order valence-corrected chi connectivity index (χ4v) is 2.68. The maximum Gasteiger partial charge on any atom is 0.328 e. The predicted octanol–water partition coefficient (Wildman–Crippen LogP) is -1.57. The summed E-state index contributed by atoms with van der Waals surface area (Å²) < 4.78 is 0. The van der Waals surface area contributed by atoms with Gasteiger partial charge in [-0.15, -0.1) is 0 Å². The van der Waals surface area contributed by atoms with Gasteiger partial charge >= 0.3 is 5.97 Å². The number of hydrogen-bond acceptors (Lipinski definition) is 7. The molecule has 9 N–H and O–H groups in total. The number of carboxylic acids is 1. The molecule has 0 heterocycles. The average Bonchev–Trinajstić information content (AvgIpc) is 2.63. The second-order valence-corrected chi connectivity index (χ2v) is 7.89. The van der Waals surface area contributed by atoms with Crippen molar-refractivity contribution in [3.63, 3.8) is 0 Å². The molecule has 0 spiro atoms. The minimum absolute atomic E-state index is 0.0743. The molecule has 30 heavy (non-hydrogen) atoms. The molecule has 0 aliphatic heterocycles. The minimum Gasteiger partial charge on any atom is -0.480 e. The van der Waals surface area contributed by atoms with E-state index in [1.54, 1.807) is 0 Å². The van der Waals surface area contributed by atoms with Crippen molar-refractivity contribution >= 4 is 23.7 Å². The van der Waals surface area contributed by atoms with Crippen LogP contribution in [0.5, 0.6) is 0 Å². The highest BCUT2D eigenvalue weighted by molar-refractivity contribution is 5.94. The van der Waals surface area contributed by atoms with Crippen molar-refractivity contribution in [3.05, 3.63) is 0 Å². The number of rotatable bonds is 14. The zero-order valence-corrected chi connectivity index (χ0v) is 18.2. The van der Waals surface area contributed by atoms with E-state index in [1.807, 2.05) is 13.8 Å². The van der Waals surface area contributed by atoms with Crippen LogP contribution in [0.2, 0.25) is 0 Å². The van der Waals surface area contributed by atoms with E-state index in [4.69, 9.17) is 11.5 Å². The van der Waals surface area contributed by atoms with Gasteiger partial charge in [-0.05, 0) is 52.0 Å². The summed E-state index contributed by atoms with van der Waals surface area (Å²) in [6, 6.07) is -4.28. The summed E-state index contributed by atoms with van der Waals surface area (Å²) in [5.74, 6) is -3.14. The molecule has 0 saturated heterocycles. The van der Waals surface area contributed by atoms with E-state index in [-0.39, 0.29) is 12.3 Å². The van der Waals surface area contributed by atoms with Crippen LogP contribution >= 0.6 is 0 Å². The molecule has 0 rings (SSSR count). The topological polar surface area (TPSA) is 197 Å². The number of aliphatic carboxylic acids is 1. The van der Waals surface area contributed by atoms with E-state index in [9.17, 15) is 29.4 Å². The number of unbranched alkanes of at least 4 members (excludes halogenated alkanes) is 1. The first-order valence-electron chi connectivity index (χ1n) is 10.2. The highest BCUT2D eigenvalue weighted by Crippen LogP contribution is 2.08. The number of amides is 3. The zero-order chi connectivity index (χ0) is 23.4. The molecule has 0 saturated carbocycles. The van der Waals surface area contributed by atoms with E-state index in [1.165, 1.54) is 13.8 Å². The molecule has 0 aliphatic carbocycles. The maximum atomic E-state index is 12.8. The van der Waals surface area contributed by atoms with Crippen molar-refractivity contribution in [1.82, 2.24) is 16.0 Å². The Labute approximate surface area is 177 Å². The molecule has 5 atom stereocenters. The van der Waals surface area contributed by atoms with E-state index in [2.05, 4.69) is 16.0 Å². The molecule has 0 aliphatic rings. The number of aliphatic hydroxyl groups excluding tert-OH is 1. The van der Waals surface area contributed by atoms with Crippen LogP contribution in [-0.2, 0) is 19.2 Å². The van der Waals surface area contributed by atoms with Crippen molar-refractivity contribution in [2.24, 2.45) is 17.4 Å². The summed E-state index contributed by atoms with van der Waals surface area (Å²) in [5.41, 5.74) is 11.0. The van der Waals surface area contributed by atoms with Gasteiger partial charge in [0, 0.05) is 0 Å². The molecule has 0 fully saturated rings. The van der Waals surface area contributed by atoms with Gasteiger partial charge in [0.05, 0.1) is 12.1 Å². The average molecular weight is 432 g/mol. The summed E-state index contributed by atoms with van der Waals surface area (Å²) in [6.45, 7) is 6.88. The van der Waals surface area contributed by atoms with Crippen LogP contribution in [0.25, 0.3) is 0 Å². The van der Waals surface area contributed by atoms with Crippen LogP contribution in [0, 0.1) is 5.92 Å². The van der Waals surface area contributed by atoms with Crippen molar-refractivity contribution in [1.29, 1.82) is 0 Å². The second-order valence-electron chi connectivity index (χ2n) is 7.89. The second kappa shape index (κ2) is 13.9. The number of carbonyl (C=O) groups is 4. The van der Waals surface area contributed by atoms with E-state index < -0.39 is 54.0 Å². The molecule has 0 radical (unpaired) electrons. The molecular weight excluding hydrogens is 394 g/mol. The molecular formula is C19H37N5O6. The Hall–Kier alpha value is -2.24. The Morgan fingerprint density at radius 2 is 1.40 bits per heavy atom. The van der Waals surface area contributed by atoms with Crippen LogP contribution in [0.3, 0.4) is 0 Å². The first kappa shape index (κ1) is 27.8. The number of carbonyl (C=O) groups excluding carboxylic acids is 3. The van der Waals surface area contributed by atoms with Gasteiger partial charge < -0.3 is 37.6 Å². The van der Waals surface area contributed by atoms with Crippen LogP contribution in [0.4, 0.5) is 0 Å². The number of hydrogen-bond donors (Lipinski definition) is 7. The smallest absolute Gasteiger partial charge is 0.328 e.